The van der Waals surface area contributed by atoms with Crippen molar-refractivity contribution in [3.05, 3.63) is 95.6 Å². The Balaban J connectivity index is 1.08. The van der Waals surface area contributed by atoms with Gasteiger partial charge >= 0.3 is 12.1 Å². The van der Waals surface area contributed by atoms with Gasteiger partial charge in [-0.25, -0.2) is 4.79 Å². The summed E-state index contributed by atoms with van der Waals surface area (Å²) in [7, 11) is 0. The minimum atomic E-state index is -1.24. The Bertz CT molecular complexity index is 1420. The summed E-state index contributed by atoms with van der Waals surface area (Å²) in [6.07, 6.45) is -0.698. The summed E-state index contributed by atoms with van der Waals surface area (Å²) in [5.74, 6) is -1.76. The minimum absolute atomic E-state index is 0.0752. The number of hydrogen-bond donors (Lipinski definition) is 2. The number of benzene rings is 3. The van der Waals surface area contributed by atoms with Crippen LogP contribution in [0.25, 0.3) is 11.1 Å². The lowest BCUT2D eigenvalue weighted by Crippen LogP contribution is -2.55. The number of carboxylic acids is 1. The van der Waals surface area contributed by atoms with Crippen LogP contribution in [0.4, 0.5) is 4.79 Å². The van der Waals surface area contributed by atoms with E-state index in [0.717, 1.165) is 35.3 Å². The quantitative estimate of drug-likeness (QED) is 0.424. The first-order valence-corrected chi connectivity index (χ1v) is 14.4. The first kappa shape index (κ1) is 27.9. The molecule has 3 aromatic rings. The summed E-state index contributed by atoms with van der Waals surface area (Å²) < 4.78 is 11.8. The molecule has 0 radical (unpaired) electrons. The number of carbonyl (C=O) groups excluding carboxylic acids is 2. The van der Waals surface area contributed by atoms with Crippen molar-refractivity contribution in [3.8, 4) is 11.1 Å². The van der Waals surface area contributed by atoms with Crippen LogP contribution in [-0.2, 0) is 25.6 Å². The highest BCUT2D eigenvalue weighted by atomic mass is 16.5. The van der Waals surface area contributed by atoms with E-state index in [-0.39, 0.29) is 12.5 Å². The van der Waals surface area contributed by atoms with Gasteiger partial charge in [-0.15, -0.1) is 0 Å². The molecule has 0 aromatic heterocycles. The van der Waals surface area contributed by atoms with E-state index in [2.05, 4.69) is 34.5 Å². The maximum Gasteiger partial charge on any atom is 0.407 e. The van der Waals surface area contributed by atoms with Gasteiger partial charge in [-0.05, 0) is 34.2 Å². The SMILES string of the molecule is O=C(O)CC(NC(=O)OCC1c2ccccc2-c2ccccc21)C(=O)N1CCC2(CN(Cc3ccccc3)CCO2)C1. The first-order chi connectivity index (χ1) is 20.4. The molecule has 1 spiro atoms. The normalized spacial score (nSPS) is 20.6. The third kappa shape index (κ3) is 5.89. The van der Waals surface area contributed by atoms with Crippen molar-refractivity contribution >= 4 is 18.0 Å². The zero-order chi connectivity index (χ0) is 29.1. The standard InChI is InChI=1S/C33H35N3O6/c37-30(38)18-29(34-32(40)41-20-28-26-12-6-4-10-24(26)25-11-5-7-13-27(25)28)31(39)36-15-14-33(22-36)21-35(16-17-42-33)19-23-8-2-1-3-9-23/h1-13,28-29H,14-22H2,(H,34,40)(H,37,38). The van der Waals surface area contributed by atoms with E-state index in [1.165, 1.54) is 5.56 Å². The molecule has 2 atom stereocenters. The second-order valence-electron chi connectivity index (χ2n) is 11.4. The van der Waals surface area contributed by atoms with Gasteiger partial charge in [0.15, 0.2) is 0 Å². The molecule has 3 aromatic carbocycles. The largest absolute Gasteiger partial charge is 0.481 e. The molecule has 9 nitrogen and oxygen atoms in total. The highest BCUT2D eigenvalue weighted by Gasteiger charge is 2.45. The van der Waals surface area contributed by atoms with Crippen molar-refractivity contribution in [1.29, 1.82) is 0 Å². The fourth-order valence-electron chi connectivity index (χ4n) is 6.56. The van der Waals surface area contributed by atoms with E-state index >= 15 is 0 Å². The van der Waals surface area contributed by atoms with Gasteiger partial charge in [-0.1, -0.05) is 78.9 Å². The molecule has 2 N–H and O–H groups in total. The molecule has 0 saturated carbocycles. The van der Waals surface area contributed by atoms with Crippen LogP contribution in [0.5, 0.6) is 0 Å². The fraction of sp³-hybridized carbons (Fsp3) is 0.364. The van der Waals surface area contributed by atoms with Gasteiger partial charge in [0.1, 0.15) is 18.2 Å². The molecule has 2 saturated heterocycles. The molecule has 2 aliphatic heterocycles. The third-order valence-corrected chi connectivity index (χ3v) is 8.52. The number of amides is 2. The molecule has 0 bridgehead atoms. The van der Waals surface area contributed by atoms with Crippen LogP contribution in [0.15, 0.2) is 78.9 Å². The average molecular weight is 570 g/mol. The van der Waals surface area contributed by atoms with Crippen LogP contribution in [0, 0.1) is 0 Å². The van der Waals surface area contributed by atoms with Gasteiger partial charge in [0, 0.05) is 32.1 Å². The summed E-state index contributed by atoms with van der Waals surface area (Å²) in [6.45, 7) is 3.69. The van der Waals surface area contributed by atoms with Gasteiger partial charge in [0.05, 0.1) is 19.6 Å². The zero-order valence-electron chi connectivity index (χ0n) is 23.4. The second kappa shape index (κ2) is 12.0. The van der Waals surface area contributed by atoms with Gasteiger partial charge in [-0.3, -0.25) is 14.5 Å². The Kier molecular flexibility index (Phi) is 7.95. The van der Waals surface area contributed by atoms with Crippen LogP contribution >= 0.6 is 0 Å². The number of ether oxygens (including phenoxy) is 2. The Labute approximate surface area is 245 Å². The Morgan fingerprint density at radius 2 is 1.60 bits per heavy atom. The predicted octanol–water partition coefficient (Wildman–Crippen LogP) is 3.87. The molecule has 2 amide bonds. The molecule has 6 rings (SSSR count). The zero-order valence-corrected chi connectivity index (χ0v) is 23.4. The predicted molar refractivity (Wildman–Crippen MR) is 156 cm³/mol. The summed E-state index contributed by atoms with van der Waals surface area (Å²) in [4.78, 5) is 42.1. The van der Waals surface area contributed by atoms with E-state index in [9.17, 15) is 19.5 Å². The lowest BCUT2D eigenvalue weighted by Gasteiger charge is -2.40. The Morgan fingerprint density at radius 3 is 2.29 bits per heavy atom. The molecule has 1 aliphatic carbocycles. The van der Waals surface area contributed by atoms with Crippen molar-refractivity contribution in [3.63, 3.8) is 0 Å². The van der Waals surface area contributed by atoms with E-state index in [4.69, 9.17) is 9.47 Å². The van der Waals surface area contributed by atoms with Crippen molar-refractivity contribution < 1.29 is 29.0 Å². The van der Waals surface area contributed by atoms with Gasteiger partial charge in [0.2, 0.25) is 5.91 Å². The number of aliphatic carboxylic acids is 1. The minimum Gasteiger partial charge on any atom is -0.481 e. The highest BCUT2D eigenvalue weighted by molar-refractivity contribution is 5.89. The van der Waals surface area contributed by atoms with Crippen molar-refractivity contribution in [2.45, 2.75) is 36.9 Å². The second-order valence-corrected chi connectivity index (χ2v) is 11.4. The van der Waals surface area contributed by atoms with Crippen LogP contribution in [0.3, 0.4) is 0 Å². The molecule has 218 valence electrons. The summed E-state index contributed by atoms with van der Waals surface area (Å²) in [6, 6.07) is 25.0. The molecular formula is C33H35N3O6. The first-order valence-electron chi connectivity index (χ1n) is 14.4. The summed E-state index contributed by atoms with van der Waals surface area (Å²) in [5, 5.41) is 12.1. The van der Waals surface area contributed by atoms with Gasteiger partial charge in [0.25, 0.3) is 0 Å². The molecule has 2 heterocycles. The number of fused-ring (bicyclic) bond motifs is 3. The van der Waals surface area contributed by atoms with Crippen molar-refractivity contribution in [1.82, 2.24) is 15.1 Å². The van der Waals surface area contributed by atoms with Crippen molar-refractivity contribution in [2.75, 3.05) is 39.4 Å². The van der Waals surface area contributed by atoms with Crippen LogP contribution < -0.4 is 5.32 Å². The topological polar surface area (TPSA) is 108 Å². The number of nitrogens with zero attached hydrogens (tertiary/aromatic N) is 2. The maximum absolute atomic E-state index is 13.5. The number of carbonyl (C=O) groups is 3. The molecule has 2 unspecified atom stereocenters. The van der Waals surface area contributed by atoms with E-state index in [1.54, 1.807) is 4.90 Å². The summed E-state index contributed by atoms with van der Waals surface area (Å²) >= 11 is 0. The van der Waals surface area contributed by atoms with E-state index in [1.807, 2.05) is 54.6 Å². The summed E-state index contributed by atoms with van der Waals surface area (Å²) in [5.41, 5.74) is 5.06. The van der Waals surface area contributed by atoms with Crippen LogP contribution in [-0.4, -0.2) is 83.9 Å². The third-order valence-electron chi connectivity index (χ3n) is 8.52. The molecule has 42 heavy (non-hydrogen) atoms. The van der Waals surface area contributed by atoms with E-state index < -0.39 is 36.0 Å². The smallest absolute Gasteiger partial charge is 0.407 e. The lowest BCUT2D eigenvalue weighted by molar-refractivity contribution is -0.143. The number of rotatable bonds is 8. The van der Waals surface area contributed by atoms with Gasteiger partial charge < -0.3 is 24.8 Å². The number of carboxylic acid groups (broad SMARTS) is 1. The number of nitrogens with one attached hydrogen (secondary N) is 1. The van der Waals surface area contributed by atoms with Crippen molar-refractivity contribution in [2.24, 2.45) is 0 Å². The molecule has 3 aliphatic rings. The van der Waals surface area contributed by atoms with Crippen LogP contribution in [0.1, 0.15) is 35.4 Å². The monoisotopic (exact) mass is 569 g/mol. The van der Waals surface area contributed by atoms with Crippen LogP contribution in [0.2, 0.25) is 0 Å². The Morgan fingerprint density at radius 1 is 0.929 bits per heavy atom. The molecular weight excluding hydrogens is 534 g/mol. The van der Waals surface area contributed by atoms with E-state index in [0.29, 0.717) is 32.7 Å². The Hall–Kier alpha value is -4.21. The molecule has 2 fully saturated rings. The number of alkyl carbamates (subject to hydrolysis) is 1. The number of morpholine rings is 1. The lowest BCUT2D eigenvalue weighted by atomic mass is 9.98. The fourth-order valence-corrected chi connectivity index (χ4v) is 6.56. The average Bonchev–Trinajstić information content (AvgIpc) is 3.54. The number of hydrogen-bond acceptors (Lipinski definition) is 6. The number of likely N-dealkylation sites (tertiary alicyclic amines) is 1. The maximum atomic E-state index is 13.5. The van der Waals surface area contributed by atoms with Gasteiger partial charge in [-0.2, -0.15) is 0 Å². The molecule has 9 heteroatoms. The highest BCUT2D eigenvalue weighted by Crippen LogP contribution is 2.44.